The molecule has 1 amide bonds. The first-order valence-electron chi connectivity index (χ1n) is 5.27. The number of benzene rings is 1. The Morgan fingerprint density at radius 2 is 2.12 bits per heavy atom. The van der Waals surface area contributed by atoms with Gasteiger partial charge in [-0.25, -0.2) is 0 Å². The van der Waals surface area contributed by atoms with Crippen molar-refractivity contribution in [3.05, 3.63) is 33.8 Å². The van der Waals surface area contributed by atoms with E-state index in [1.807, 2.05) is 19.1 Å². The van der Waals surface area contributed by atoms with Crippen LogP contribution in [0.3, 0.4) is 0 Å². The summed E-state index contributed by atoms with van der Waals surface area (Å²) >= 11 is 3.31. The van der Waals surface area contributed by atoms with Gasteiger partial charge in [-0.05, 0) is 41.4 Å². The Labute approximate surface area is 108 Å². The molecule has 2 N–H and O–H groups in total. The molecular weight excluding hydrogens is 286 g/mol. The summed E-state index contributed by atoms with van der Waals surface area (Å²) in [4.78, 5) is 22.1. The first kappa shape index (κ1) is 13.7. The van der Waals surface area contributed by atoms with E-state index >= 15 is 0 Å². The maximum Gasteiger partial charge on any atom is 0.303 e. The third-order valence-corrected chi connectivity index (χ3v) is 2.91. The lowest BCUT2D eigenvalue weighted by molar-refractivity contribution is -0.137. The lowest BCUT2D eigenvalue weighted by Crippen LogP contribution is -2.25. The molecule has 0 fully saturated rings. The van der Waals surface area contributed by atoms with E-state index in [9.17, 15) is 9.59 Å². The second kappa shape index (κ2) is 6.39. The fourth-order valence-corrected chi connectivity index (χ4v) is 1.78. The molecule has 0 aromatic heterocycles. The van der Waals surface area contributed by atoms with Gasteiger partial charge in [0.05, 0.1) is 5.56 Å². The molecule has 0 saturated heterocycles. The Bertz CT molecular complexity index is 432. The van der Waals surface area contributed by atoms with E-state index in [1.54, 1.807) is 6.07 Å². The van der Waals surface area contributed by atoms with Gasteiger partial charge in [0.1, 0.15) is 0 Å². The predicted molar refractivity (Wildman–Crippen MR) is 68.1 cm³/mol. The summed E-state index contributed by atoms with van der Waals surface area (Å²) in [5.74, 6) is -1.04. The first-order chi connectivity index (χ1) is 8.00. The molecule has 0 saturated carbocycles. The van der Waals surface area contributed by atoms with Crippen LogP contribution in [0.25, 0.3) is 0 Å². The number of nitrogens with one attached hydrogen (secondary N) is 1. The van der Waals surface area contributed by atoms with E-state index in [4.69, 9.17) is 5.11 Å². The van der Waals surface area contributed by atoms with Crippen LogP contribution in [0.15, 0.2) is 22.7 Å². The van der Waals surface area contributed by atoms with Gasteiger partial charge in [0.15, 0.2) is 0 Å². The number of hydrogen-bond donors (Lipinski definition) is 2. The average Bonchev–Trinajstić information content (AvgIpc) is 2.27. The van der Waals surface area contributed by atoms with Gasteiger partial charge in [0, 0.05) is 17.4 Å². The number of carbonyl (C=O) groups is 2. The third kappa shape index (κ3) is 4.56. The summed E-state index contributed by atoms with van der Waals surface area (Å²) in [6, 6.07) is 5.52. The van der Waals surface area contributed by atoms with Crippen LogP contribution in [0.2, 0.25) is 0 Å². The number of carboxylic acids is 1. The highest BCUT2D eigenvalue weighted by molar-refractivity contribution is 9.10. The largest absolute Gasteiger partial charge is 0.481 e. The number of aryl methyl sites for hydroxylation is 1. The molecule has 0 radical (unpaired) electrons. The summed E-state index contributed by atoms with van der Waals surface area (Å²) in [5.41, 5.74) is 1.57. The standard InChI is InChI=1S/C12H14BrNO3/c1-8-4-5-10(13)9(7-8)12(17)14-6-2-3-11(15)16/h4-5,7H,2-3,6H2,1H3,(H,14,17)(H,15,16). The van der Waals surface area contributed by atoms with Crippen LogP contribution in [0.1, 0.15) is 28.8 Å². The Balaban J connectivity index is 2.52. The van der Waals surface area contributed by atoms with E-state index in [-0.39, 0.29) is 12.3 Å². The summed E-state index contributed by atoms with van der Waals surface area (Å²) < 4.78 is 0.735. The normalized spacial score (nSPS) is 10.0. The van der Waals surface area contributed by atoms with Crippen molar-refractivity contribution in [2.45, 2.75) is 19.8 Å². The highest BCUT2D eigenvalue weighted by Gasteiger charge is 2.09. The zero-order valence-electron chi connectivity index (χ0n) is 9.50. The molecular formula is C12H14BrNO3. The zero-order chi connectivity index (χ0) is 12.8. The van der Waals surface area contributed by atoms with E-state index in [1.165, 1.54) is 0 Å². The van der Waals surface area contributed by atoms with Gasteiger partial charge in [0.2, 0.25) is 0 Å². The smallest absolute Gasteiger partial charge is 0.303 e. The molecule has 0 atom stereocenters. The first-order valence-corrected chi connectivity index (χ1v) is 6.06. The van der Waals surface area contributed by atoms with Crippen LogP contribution in [-0.2, 0) is 4.79 Å². The van der Waals surface area contributed by atoms with Crippen LogP contribution in [-0.4, -0.2) is 23.5 Å². The van der Waals surface area contributed by atoms with Crippen molar-refractivity contribution in [1.29, 1.82) is 0 Å². The monoisotopic (exact) mass is 299 g/mol. The Hall–Kier alpha value is -1.36. The van der Waals surface area contributed by atoms with Crippen LogP contribution in [0.5, 0.6) is 0 Å². The highest BCUT2D eigenvalue weighted by Crippen LogP contribution is 2.17. The van der Waals surface area contributed by atoms with E-state index in [0.29, 0.717) is 18.5 Å². The van der Waals surface area contributed by atoms with Crippen LogP contribution >= 0.6 is 15.9 Å². The average molecular weight is 300 g/mol. The Kier molecular flexibility index (Phi) is 5.15. The second-order valence-corrected chi connectivity index (χ2v) is 4.59. The lowest BCUT2D eigenvalue weighted by atomic mass is 10.1. The van der Waals surface area contributed by atoms with Gasteiger partial charge in [-0.15, -0.1) is 0 Å². The van der Waals surface area contributed by atoms with Crippen molar-refractivity contribution in [3.8, 4) is 0 Å². The summed E-state index contributed by atoms with van der Waals surface area (Å²) in [5, 5.41) is 11.1. The molecule has 1 aromatic rings. The van der Waals surface area contributed by atoms with Crippen molar-refractivity contribution < 1.29 is 14.7 Å². The molecule has 92 valence electrons. The predicted octanol–water partition coefficient (Wildman–Crippen LogP) is 2.35. The van der Waals surface area contributed by atoms with Crippen molar-refractivity contribution >= 4 is 27.8 Å². The quantitative estimate of drug-likeness (QED) is 0.820. The van der Waals surface area contributed by atoms with E-state index in [0.717, 1.165) is 10.0 Å². The fraction of sp³-hybridized carbons (Fsp3) is 0.333. The maximum absolute atomic E-state index is 11.8. The van der Waals surface area contributed by atoms with Crippen LogP contribution in [0.4, 0.5) is 0 Å². The van der Waals surface area contributed by atoms with Gasteiger partial charge >= 0.3 is 5.97 Å². The summed E-state index contributed by atoms with van der Waals surface area (Å²) in [6.45, 7) is 2.28. The van der Waals surface area contributed by atoms with E-state index < -0.39 is 5.97 Å². The third-order valence-electron chi connectivity index (χ3n) is 2.22. The zero-order valence-corrected chi connectivity index (χ0v) is 11.1. The Morgan fingerprint density at radius 1 is 1.41 bits per heavy atom. The number of rotatable bonds is 5. The number of halogens is 1. The highest BCUT2D eigenvalue weighted by atomic mass is 79.9. The molecule has 0 spiro atoms. The van der Waals surface area contributed by atoms with Crippen molar-refractivity contribution in [1.82, 2.24) is 5.32 Å². The number of carbonyl (C=O) groups excluding carboxylic acids is 1. The molecule has 4 nitrogen and oxygen atoms in total. The summed E-state index contributed by atoms with van der Waals surface area (Å²) in [6.07, 6.45) is 0.500. The SMILES string of the molecule is Cc1ccc(Br)c(C(=O)NCCCC(=O)O)c1. The molecule has 0 unspecified atom stereocenters. The molecule has 0 bridgehead atoms. The number of hydrogen-bond acceptors (Lipinski definition) is 2. The minimum atomic E-state index is -0.851. The molecule has 1 rings (SSSR count). The lowest BCUT2D eigenvalue weighted by Gasteiger charge is -2.07. The number of carboxylic acid groups (broad SMARTS) is 1. The van der Waals surface area contributed by atoms with Crippen LogP contribution < -0.4 is 5.32 Å². The number of amides is 1. The second-order valence-electron chi connectivity index (χ2n) is 3.74. The Morgan fingerprint density at radius 3 is 2.76 bits per heavy atom. The minimum Gasteiger partial charge on any atom is -0.481 e. The molecule has 0 aliphatic carbocycles. The van der Waals surface area contributed by atoms with Gasteiger partial charge in [-0.2, -0.15) is 0 Å². The number of aliphatic carboxylic acids is 1. The topological polar surface area (TPSA) is 66.4 Å². The van der Waals surface area contributed by atoms with Gasteiger partial charge < -0.3 is 10.4 Å². The fourth-order valence-electron chi connectivity index (χ4n) is 1.35. The van der Waals surface area contributed by atoms with Crippen LogP contribution in [0, 0.1) is 6.92 Å². The van der Waals surface area contributed by atoms with Crippen molar-refractivity contribution in [2.75, 3.05) is 6.54 Å². The molecule has 1 aromatic carbocycles. The molecule has 0 aliphatic heterocycles. The summed E-state index contributed by atoms with van der Waals surface area (Å²) in [7, 11) is 0. The maximum atomic E-state index is 11.8. The van der Waals surface area contributed by atoms with Crippen molar-refractivity contribution in [2.24, 2.45) is 0 Å². The van der Waals surface area contributed by atoms with Crippen molar-refractivity contribution in [3.63, 3.8) is 0 Å². The van der Waals surface area contributed by atoms with Gasteiger partial charge in [0.25, 0.3) is 5.91 Å². The molecule has 5 heteroatoms. The molecule has 17 heavy (non-hydrogen) atoms. The van der Waals surface area contributed by atoms with Gasteiger partial charge in [-0.3, -0.25) is 9.59 Å². The van der Waals surface area contributed by atoms with Gasteiger partial charge in [-0.1, -0.05) is 11.6 Å². The minimum absolute atomic E-state index is 0.0647. The molecule has 0 heterocycles. The molecule has 0 aliphatic rings. The van der Waals surface area contributed by atoms with E-state index in [2.05, 4.69) is 21.2 Å².